The highest BCUT2D eigenvalue weighted by Crippen LogP contribution is 2.24. The average Bonchev–Trinajstić information content (AvgIpc) is 2.64. The molecule has 0 aliphatic heterocycles. The summed E-state index contributed by atoms with van der Waals surface area (Å²) in [6, 6.07) is 4.17. The van der Waals surface area contributed by atoms with Crippen molar-refractivity contribution in [3.63, 3.8) is 0 Å². The molecule has 2 aromatic rings. The average molecular weight is 233 g/mol. The first kappa shape index (κ1) is 11.1. The minimum atomic E-state index is 0.710. The van der Waals surface area contributed by atoms with Crippen LogP contribution in [-0.2, 0) is 0 Å². The van der Waals surface area contributed by atoms with Crippen LogP contribution in [0.1, 0.15) is 17.5 Å². The number of hydrogen-bond donors (Lipinski definition) is 1. The topological polar surface area (TPSA) is 37.8 Å². The molecule has 4 heteroatoms. The smallest absolute Gasteiger partial charge is 0.223 e. The van der Waals surface area contributed by atoms with Gasteiger partial charge in [-0.15, -0.1) is 11.3 Å². The summed E-state index contributed by atoms with van der Waals surface area (Å²) in [5, 5.41) is 5.28. The molecule has 0 spiro atoms. The van der Waals surface area contributed by atoms with E-state index in [-0.39, 0.29) is 0 Å². The Morgan fingerprint density at radius 2 is 2.06 bits per heavy atom. The molecule has 1 N–H and O–H groups in total. The maximum absolute atomic E-state index is 4.49. The molecule has 0 aromatic carbocycles. The zero-order valence-electron chi connectivity index (χ0n) is 9.74. The number of aromatic nitrogens is 2. The second kappa shape index (κ2) is 4.61. The van der Waals surface area contributed by atoms with Crippen LogP contribution in [0.3, 0.4) is 0 Å². The lowest BCUT2D eigenvalue weighted by Gasteiger charge is -2.05. The minimum absolute atomic E-state index is 0.710. The summed E-state index contributed by atoms with van der Waals surface area (Å²) in [5.74, 6) is 0.710. The molecule has 0 amide bonds. The molecule has 0 fully saturated rings. The first-order chi connectivity index (χ1) is 7.69. The highest BCUT2D eigenvalue weighted by atomic mass is 32.1. The Kier molecular flexibility index (Phi) is 3.19. The Balaban J connectivity index is 2.40. The Labute approximate surface area is 99.6 Å². The standard InChI is InChI=1S/C12H15N3S/c1-4-13-12-14-8(2)5-11(15-12)10-6-9(3)16-7-10/h5-7H,4H2,1-3H3,(H,13,14,15). The number of nitrogens with one attached hydrogen (secondary N) is 1. The van der Waals surface area contributed by atoms with E-state index in [1.165, 1.54) is 10.4 Å². The molecule has 3 nitrogen and oxygen atoms in total. The van der Waals surface area contributed by atoms with Gasteiger partial charge in [0.15, 0.2) is 0 Å². The van der Waals surface area contributed by atoms with Crippen LogP contribution in [0.5, 0.6) is 0 Å². The molecule has 16 heavy (non-hydrogen) atoms. The van der Waals surface area contributed by atoms with Gasteiger partial charge in [-0.05, 0) is 32.9 Å². The normalized spacial score (nSPS) is 10.4. The summed E-state index contributed by atoms with van der Waals surface area (Å²) < 4.78 is 0. The molecule has 0 aliphatic carbocycles. The van der Waals surface area contributed by atoms with E-state index in [4.69, 9.17) is 0 Å². The second-order valence-corrected chi connectivity index (χ2v) is 4.81. The SMILES string of the molecule is CCNc1nc(C)cc(-c2csc(C)c2)n1. The zero-order chi connectivity index (χ0) is 11.5. The largest absolute Gasteiger partial charge is 0.354 e. The van der Waals surface area contributed by atoms with Crippen molar-refractivity contribution < 1.29 is 0 Å². The fourth-order valence-corrected chi connectivity index (χ4v) is 2.23. The van der Waals surface area contributed by atoms with Crippen LogP contribution in [-0.4, -0.2) is 16.5 Å². The fourth-order valence-electron chi connectivity index (χ4n) is 1.53. The molecule has 0 radical (unpaired) electrons. The summed E-state index contributed by atoms with van der Waals surface area (Å²) in [4.78, 5) is 10.1. The van der Waals surface area contributed by atoms with Gasteiger partial charge in [0, 0.05) is 28.1 Å². The van der Waals surface area contributed by atoms with E-state index in [0.29, 0.717) is 5.95 Å². The van der Waals surface area contributed by atoms with Gasteiger partial charge < -0.3 is 5.32 Å². The third-order valence-electron chi connectivity index (χ3n) is 2.22. The first-order valence-corrected chi connectivity index (χ1v) is 6.22. The van der Waals surface area contributed by atoms with Gasteiger partial charge in [-0.3, -0.25) is 0 Å². The van der Waals surface area contributed by atoms with Crippen LogP contribution in [0.15, 0.2) is 17.5 Å². The van der Waals surface area contributed by atoms with Crippen molar-refractivity contribution in [1.82, 2.24) is 9.97 Å². The third kappa shape index (κ3) is 2.39. The van der Waals surface area contributed by atoms with E-state index in [2.05, 4.69) is 33.7 Å². The summed E-state index contributed by atoms with van der Waals surface area (Å²) in [6.07, 6.45) is 0. The molecule has 0 bridgehead atoms. The van der Waals surface area contributed by atoms with E-state index in [9.17, 15) is 0 Å². The zero-order valence-corrected chi connectivity index (χ0v) is 10.6. The lowest BCUT2D eigenvalue weighted by molar-refractivity contribution is 1.06. The van der Waals surface area contributed by atoms with Crippen LogP contribution < -0.4 is 5.32 Å². The van der Waals surface area contributed by atoms with Gasteiger partial charge >= 0.3 is 0 Å². The van der Waals surface area contributed by atoms with E-state index < -0.39 is 0 Å². The lowest BCUT2D eigenvalue weighted by atomic mass is 10.2. The number of rotatable bonds is 3. The molecule has 0 saturated carbocycles. The van der Waals surface area contributed by atoms with Crippen LogP contribution in [0.25, 0.3) is 11.3 Å². The van der Waals surface area contributed by atoms with Crippen molar-refractivity contribution >= 4 is 17.3 Å². The molecule has 84 valence electrons. The number of thiophene rings is 1. The fraction of sp³-hybridized carbons (Fsp3) is 0.333. The number of anilines is 1. The number of aryl methyl sites for hydroxylation is 2. The highest BCUT2D eigenvalue weighted by Gasteiger charge is 2.05. The predicted molar refractivity (Wildman–Crippen MR) is 69.0 cm³/mol. The van der Waals surface area contributed by atoms with Crippen LogP contribution >= 0.6 is 11.3 Å². The Morgan fingerprint density at radius 1 is 1.25 bits per heavy atom. The Hall–Kier alpha value is -1.42. The van der Waals surface area contributed by atoms with Crippen LogP contribution in [0, 0.1) is 13.8 Å². The number of nitrogens with zero attached hydrogens (tertiary/aromatic N) is 2. The molecule has 0 saturated heterocycles. The van der Waals surface area contributed by atoms with Crippen LogP contribution in [0.4, 0.5) is 5.95 Å². The van der Waals surface area contributed by atoms with Gasteiger partial charge in [-0.25, -0.2) is 9.97 Å². The molecule has 2 heterocycles. The van der Waals surface area contributed by atoms with Gasteiger partial charge in [-0.1, -0.05) is 0 Å². The van der Waals surface area contributed by atoms with E-state index in [0.717, 1.165) is 17.9 Å². The Morgan fingerprint density at radius 3 is 2.69 bits per heavy atom. The maximum Gasteiger partial charge on any atom is 0.223 e. The number of hydrogen-bond acceptors (Lipinski definition) is 4. The van der Waals surface area contributed by atoms with E-state index in [1.807, 2.05) is 19.9 Å². The summed E-state index contributed by atoms with van der Waals surface area (Å²) in [7, 11) is 0. The summed E-state index contributed by atoms with van der Waals surface area (Å²) >= 11 is 1.74. The molecule has 0 aliphatic rings. The summed E-state index contributed by atoms with van der Waals surface area (Å²) in [5.41, 5.74) is 3.16. The first-order valence-electron chi connectivity index (χ1n) is 5.34. The predicted octanol–water partition coefficient (Wildman–Crippen LogP) is 3.25. The quantitative estimate of drug-likeness (QED) is 0.884. The van der Waals surface area contributed by atoms with Gasteiger partial charge in [0.1, 0.15) is 0 Å². The van der Waals surface area contributed by atoms with Crippen molar-refractivity contribution in [3.05, 3.63) is 28.1 Å². The molecule has 2 aromatic heterocycles. The molecular weight excluding hydrogens is 218 g/mol. The van der Waals surface area contributed by atoms with Gasteiger partial charge in [0.2, 0.25) is 5.95 Å². The monoisotopic (exact) mass is 233 g/mol. The minimum Gasteiger partial charge on any atom is -0.354 e. The van der Waals surface area contributed by atoms with Gasteiger partial charge in [0.25, 0.3) is 0 Å². The molecular formula is C12H15N3S. The van der Waals surface area contributed by atoms with Crippen molar-refractivity contribution in [2.45, 2.75) is 20.8 Å². The lowest BCUT2D eigenvalue weighted by Crippen LogP contribution is -2.03. The summed E-state index contributed by atoms with van der Waals surface area (Å²) in [6.45, 7) is 6.98. The highest BCUT2D eigenvalue weighted by molar-refractivity contribution is 7.10. The third-order valence-corrected chi connectivity index (χ3v) is 3.08. The van der Waals surface area contributed by atoms with Crippen molar-refractivity contribution in [2.24, 2.45) is 0 Å². The molecule has 2 rings (SSSR count). The van der Waals surface area contributed by atoms with E-state index >= 15 is 0 Å². The molecule has 0 atom stereocenters. The van der Waals surface area contributed by atoms with Gasteiger partial charge in [0.05, 0.1) is 5.69 Å². The van der Waals surface area contributed by atoms with E-state index in [1.54, 1.807) is 11.3 Å². The Bertz CT molecular complexity index is 491. The maximum atomic E-state index is 4.49. The van der Waals surface area contributed by atoms with Crippen molar-refractivity contribution in [1.29, 1.82) is 0 Å². The molecule has 0 unspecified atom stereocenters. The second-order valence-electron chi connectivity index (χ2n) is 3.69. The van der Waals surface area contributed by atoms with Gasteiger partial charge in [-0.2, -0.15) is 0 Å². The van der Waals surface area contributed by atoms with Crippen LogP contribution in [0.2, 0.25) is 0 Å². The van der Waals surface area contributed by atoms with Crippen molar-refractivity contribution in [2.75, 3.05) is 11.9 Å². The van der Waals surface area contributed by atoms with Crippen molar-refractivity contribution in [3.8, 4) is 11.3 Å².